The molecular weight excluding hydrogens is 180 g/mol. The molecule has 1 saturated carbocycles. The number of ether oxygens (including phenoxy) is 1. The highest BCUT2D eigenvalue weighted by molar-refractivity contribution is 5.66. The predicted octanol–water partition coefficient (Wildman–Crippen LogP) is 1.91. The van der Waals surface area contributed by atoms with Crippen LogP contribution in [0.3, 0.4) is 0 Å². The lowest BCUT2D eigenvalue weighted by molar-refractivity contribution is -0.138. The van der Waals surface area contributed by atoms with Crippen LogP contribution >= 0.6 is 0 Å². The predicted molar refractivity (Wildman–Crippen MR) is 52.0 cm³/mol. The Labute approximate surface area is 84.4 Å². The standard InChI is InChI=1S/C11H18O3/c12-11(13)5-4-10(8-2-1-3-8)9-6-14-7-9/h8-10H,1-7H2,(H,12,13). The SMILES string of the molecule is O=C(O)CCC(C1CCC1)C1COC1. The highest BCUT2D eigenvalue weighted by Gasteiger charge is 2.36. The smallest absolute Gasteiger partial charge is 0.303 e. The molecule has 0 radical (unpaired) electrons. The largest absolute Gasteiger partial charge is 0.481 e. The zero-order valence-electron chi connectivity index (χ0n) is 8.45. The lowest BCUT2D eigenvalue weighted by atomic mass is 9.68. The minimum Gasteiger partial charge on any atom is -0.481 e. The quantitative estimate of drug-likeness (QED) is 0.734. The van der Waals surface area contributed by atoms with E-state index < -0.39 is 5.97 Å². The van der Waals surface area contributed by atoms with Crippen molar-refractivity contribution in [3.8, 4) is 0 Å². The van der Waals surface area contributed by atoms with E-state index in [-0.39, 0.29) is 0 Å². The second kappa shape index (κ2) is 4.30. The van der Waals surface area contributed by atoms with Crippen molar-refractivity contribution in [3.63, 3.8) is 0 Å². The van der Waals surface area contributed by atoms with E-state index in [2.05, 4.69) is 0 Å². The fourth-order valence-corrected chi connectivity index (χ4v) is 2.52. The molecule has 0 aromatic heterocycles. The van der Waals surface area contributed by atoms with Crippen molar-refractivity contribution in [2.24, 2.45) is 17.8 Å². The number of hydrogen-bond donors (Lipinski definition) is 1. The maximum atomic E-state index is 10.5. The Hall–Kier alpha value is -0.570. The van der Waals surface area contributed by atoms with E-state index in [9.17, 15) is 4.79 Å². The first kappa shape index (κ1) is 9.97. The molecule has 0 aromatic rings. The normalized spacial score (nSPS) is 25.1. The van der Waals surface area contributed by atoms with Gasteiger partial charge in [-0.15, -0.1) is 0 Å². The van der Waals surface area contributed by atoms with E-state index in [1.54, 1.807) is 0 Å². The summed E-state index contributed by atoms with van der Waals surface area (Å²) >= 11 is 0. The third-order valence-electron chi connectivity index (χ3n) is 3.72. The van der Waals surface area contributed by atoms with E-state index in [1.165, 1.54) is 19.3 Å². The van der Waals surface area contributed by atoms with E-state index in [0.29, 0.717) is 18.3 Å². The van der Waals surface area contributed by atoms with Crippen LogP contribution in [0.25, 0.3) is 0 Å². The Morgan fingerprint density at radius 1 is 1.36 bits per heavy atom. The molecule has 14 heavy (non-hydrogen) atoms. The Morgan fingerprint density at radius 2 is 2.07 bits per heavy atom. The van der Waals surface area contributed by atoms with Crippen molar-refractivity contribution in [2.75, 3.05) is 13.2 Å². The molecule has 2 fully saturated rings. The first-order chi connectivity index (χ1) is 6.77. The molecule has 1 atom stereocenters. The molecule has 3 nitrogen and oxygen atoms in total. The molecule has 0 amide bonds. The van der Waals surface area contributed by atoms with Crippen LogP contribution in [-0.4, -0.2) is 24.3 Å². The van der Waals surface area contributed by atoms with Crippen molar-refractivity contribution in [2.45, 2.75) is 32.1 Å². The number of carbonyl (C=O) groups is 1. The monoisotopic (exact) mass is 198 g/mol. The lowest BCUT2D eigenvalue weighted by Gasteiger charge is -2.42. The molecule has 1 aliphatic heterocycles. The molecule has 0 bridgehead atoms. The number of carboxylic acid groups (broad SMARTS) is 1. The Bertz CT molecular complexity index is 193. The van der Waals surface area contributed by atoms with Gasteiger partial charge >= 0.3 is 5.97 Å². The number of carboxylic acids is 1. The van der Waals surface area contributed by atoms with Crippen molar-refractivity contribution in [1.82, 2.24) is 0 Å². The first-order valence-electron chi connectivity index (χ1n) is 5.57. The summed E-state index contributed by atoms with van der Waals surface area (Å²) in [6.45, 7) is 1.72. The van der Waals surface area contributed by atoms with Crippen LogP contribution in [0.4, 0.5) is 0 Å². The number of rotatable bonds is 5. The Morgan fingerprint density at radius 3 is 2.43 bits per heavy atom. The maximum Gasteiger partial charge on any atom is 0.303 e. The second-order valence-electron chi connectivity index (χ2n) is 4.58. The molecule has 1 saturated heterocycles. The minimum atomic E-state index is -0.658. The van der Waals surface area contributed by atoms with E-state index >= 15 is 0 Å². The van der Waals surface area contributed by atoms with Gasteiger partial charge in [-0.1, -0.05) is 19.3 Å². The third kappa shape index (κ3) is 2.08. The van der Waals surface area contributed by atoms with E-state index in [0.717, 1.165) is 25.6 Å². The summed E-state index contributed by atoms with van der Waals surface area (Å²) < 4.78 is 5.19. The molecule has 0 aromatic carbocycles. The van der Waals surface area contributed by atoms with Crippen molar-refractivity contribution in [3.05, 3.63) is 0 Å². The topological polar surface area (TPSA) is 46.5 Å². The van der Waals surface area contributed by atoms with Gasteiger partial charge in [-0.2, -0.15) is 0 Å². The maximum absolute atomic E-state index is 10.5. The summed E-state index contributed by atoms with van der Waals surface area (Å²) in [5.41, 5.74) is 0. The van der Waals surface area contributed by atoms with Crippen molar-refractivity contribution < 1.29 is 14.6 Å². The summed E-state index contributed by atoms with van der Waals surface area (Å²) in [6, 6.07) is 0. The molecule has 2 aliphatic rings. The van der Waals surface area contributed by atoms with Crippen molar-refractivity contribution in [1.29, 1.82) is 0 Å². The lowest BCUT2D eigenvalue weighted by Crippen LogP contribution is -2.40. The van der Waals surface area contributed by atoms with Gasteiger partial charge in [-0.05, 0) is 18.3 Å². The van der Waals surface area contributed by atoms with Crippen LogP contribution in [0.15, 0.2) is 0 Å². The molecule has 2 rings (SSSR count). The molecule has 1 heterocycles. The van der Waals surface area contributed by atoms with Gasteiger partial charge in [0.1, 0.15) is 0 Å². The molecule has 3 heteroatoms. The fourth-order valence-electron chi connectivity index (χ4n) is 2.52. The van der Waals surface area contributed by atoms with Gasteiger partial charge in [-0.25, -0.2) is 0 Å². The Balaban J connectivity index is 1.81. The minimum absolute atomic E-state index is 0.331. The second-order valence-corrected chi connectivity index (χ2v) is 4.58. The van der Waals surface area contributed by atoms with Gasteiger partial charge in [0.05, 0.1) is 13.2 Å². The number of aliphatic carboxylic acids is 1. The highest BCUT2D eigenvalue weighted by Crippen LogP contribution is 2.41. The van der Waals surface area contributed by atoms with Gasteiger partial charge in [0.2, 0.25) is 0 Å². The van der Waals surface area contributed by atoms with Crippen molar-refractivity contribution >= 4 is 5.97 Å². The fraction of sp³-hybridized carbons (Fsp3) is 0.909. The molecule has 1 unspecified atom stereocenters. The van der Waals surface area contributed by atoms with Crippen LogP contribution in [-0.2, 0) is 9.53 Å². The van der Waals surface area contributed by atoms with E-state index in [4.69, 9.17) is 9.84 Å². The average Bonchev–Trinajstić information content (AvgIpc) is 1.92. The van der Waals surface area contributed by atoms with Gasteiger partial charge in [-0.3, -0.25) is 4.79 Å². The first-order valence-corrected chi connectivity index (χ1v) is 5.57. The molecule has 0 spiro atoms. The number of hydrogen-bond acceptors (Lipinski definition) is 2. The summed E-state index contributed by atoms with van der Waals surface area (Å²) in [7, 11) is 0. The van der Waals surface area contributed by atoms with Gasteiger partial charge in [0, 0.05) is 12.3 Å². The van der Waals surface area contributed by atoms with Crippen LogP contribution in [0, 0.1) is 17.8 Å². The summed E-state index contributed by atoms with van der Waals surface area (Å²) in [5, 5.41) is 8.68. The van der Waals surface area contributed by atoms with Gasteiger partial charge < -0.3 is 9.84 Å². The van der Waals surface area contributed by atoms with Crippen LogP contribution in [0.1, 0.15) is 32.1 Å². The highest BCUT2D eigenvalue weighted by atomic mass is 16.5. The van der Waals surface area contributed by atoms with Gasteiger partial charge in [0.25, 0.3) is 0 Å². The third-order valence-corrected chi connectivity index (χ3v) is 3.72. The van der Waals surface area contributed by atoms with Crippen LogP contribution in [0.2, 0.25) is 0 Å². The van der Waals surface area contributed by atoms with Gasteiger partial charge in [0.15, 0.2) is 0 Å². The van der Waals surface area contributed by atoms with E-state index in [1.807, 2.05) is 0 Å². The zero-order valence-corrected chi connectivity index (χ0v) is 8.45. The Kier molecular flexibility index (Phi) is 3.06. The summed E-state index contributed by atoms with van der Waals surface area (Å²) in [4.78, 5) is 10.5. The molecule has 1 N–H and O–H groups in total. The summed E-state index contributed by atoms with van der Waals surface area (Å²) in [5.74, 6) is 1.41. The average molecular weight is 198 g/mol. The molecule has 1 aliphatic carbocycles. The van der Waals surface area contributed by atoms with Crippen LogP contribution < -0.4 is 0 Å². The molecular formula is C11H18O3. The zero-order chi connectivity index (χ0) is 9.97. The van der Waals surface area contributed by atoms with Crippen LogP contribution in [0.5, 0.6) is 0 Å². The molecule has 80 valence electrons. The summed E-state index contributed by atoms with van der Waals surface area (Å²) in [6.07, 6.45) is 5.13.